The van der Waals surface area contributed by atoms with Crippen LogP contribution < -0.4 is 10.6 Å². The lowest BCUT2D eigenvalue weighted by molar-refractivity contribution is -0.140. The van der Waals surface area contributed by atoms with Gasteiger partial charge in [0.15, 0.2) is 6.19 Å². The molecule has 0 spiro atoms. The molecule has 2 amide bonds. The minimum atomic E-state index is -0.808. The molecule has 0 radical (unpaired) electrons. The van der Waals surface area contributed by atoms with E-state index in [4.69, 9.17) is 10.7 Å². The topological polar surface area (TPSA) is 126 Å². The second kappa shape index (κ2) is 9.27. The number of carbonyl (C=O) groups is 3. The van der Waals surface area contributed by atoms with Crippen molar-refractivity contribution in [1.29, 1.82) is 10.7 Å². The molecule has 8 nitrogen and oxygen atoms in total. The van der Waals surface area contributed by atoms with Gasteiger partial charge in [-0.2, -0.15) is 5.26 Å². The molecule has 1 aliphatic carbocycles. The normalized spacial score (nSPS) is 15.9. The van der Waals surface area contributed by atoms with Crippen LogP contribution in [-0.2, 0) is 21.5 Å². The van der Waals surface area contributed by atoms with E-state index in [2.05, 4.69) is 10.6 Å². The predicted molar refractivity (Wildman–Crippen MR) is 134 cm³/mol. The van der Waals surface area contributed by atoms with E-state index >= 15 is 0 Å². The summed E-state index contributed by atoms with van der Waals surface area (Å²) >= 11 is 0. The van der Waals surface area contributed by atoms with Crippen LogP contribution in [0.5, 0.6) is 0 Å². The van der Waals surface area contributed by atoms with Crippen molar-refractivity contribution < 1.29 is 14.4 Å². The Bertz CT molecular complexity index is 1430. The number of Topliss-reactive ketones (excluding diaryl/α,β-unsaturated/α-hetero) is 1. The van der Waals surface area contributed by atoms with Crippen molar-refractivity contribution in [2.45, 2.75) is 30.8 Å². The quantitative estimate of drug-likeness (QED) is 0.208. The molecule has 1 aliphatic heterocycles. The second-order valence-corrected chi connectivity index (χ2v) is 9.33. The van der Waals surface area contributed by atoms with Gasteiger partial charge >= 0.3 is 11.8 Å². The van der Waals surface area contributed by atoms with Gasteiger partial charge in [0.2, 0.25) is 5.78 Å². The SMILES string of the molecule is N#CN1CC(NC(=O)C(=O)NCc2ccccc2C(=O)C(=N)C2(c3cccc4ccccc34)CC2)C1. The zero-order chi connectivity index (χ0) is 25.3. The lowest BCUT2D eigenvalue weighted by atomic mass is 9.83. The summed E-state index contributed by atoms with van der Waals surface area (Å²) in [5.41, 5.74) is 1.31. The molecule has 2 fully saturated rings. The van der Waals surface area contributed by atoms with E-state index in [0.29, 0.717) is 24.2 Å². The van der Waals surface area contributed by atoms with Crippen LogP contribution in [0.3, 0.4) is 0 Å². The molecule has 0 aromatic heterocycles. The first-order valence-corrected chi connectivity index (χ1v) is 11.9. The summed E-state index contributed by atoms with van der Waals surface area (Å²) in [4.78, 5) is 39.5. The van der Waals surface area contributed by atoms with E-state index in [0.717, 1.165) is 29.2 Å². The number of fused-ring (bicyclic) bond motifs is 1. The minimum absolute atomic E-state index is 0.0162. The Morgan fingerprint density at radius 2 is 1.67 bits per heavy atom. The number of likely N-dealkylation sites (tertiary alicyclic amines) is 1. The van der Waals surface area contributed by atoms with Gasteiger partial charge in [0.05, 0.1) is 24.8 Å². The molecule has 8 heteroatoms. The van der Waals surface area contributed by atoms with Crippen LogP contribution in [0.2, 0.25) is 0 Å². The van der Waals surface area contributed by atoms with Crippen LogP contribution in [0.1, 0.15) is 34.3 Å². The van der Waals surface area contributed by atoms with Crippen molar-refractivity contribution >= 4 is 34.1 Å². The summed E-state index contributed by atoms with van der Waals surface area (Å²) in [6.45, 7) is 0.749. The number of amides is 2. The summed E-state index contributed by atoms with van der Waals surface area (Å²) in [6, 6.07) is 20.6. The maximum atomic E-state index is 13.5. The van der Waals surface area contributed by atoms with Crippen molar-refractivity contribution in [2.75, 3.05) is 13.1 Å². The summed E-state index contributed by atoms with van der Waals surface area (Å²) in [7, 11) is 0. The molecular weight excluding hydrogens is 454 g/mol. The molecule has 36 heavy (non-hydrogen) atoms. The zero-order valence-corrected chi connectivity index (χ0v) is 19.6. The van der Waals surface area contributed by atoms with E-state index in [-0.39, 0.29) is 24.1 Å². The summed E-state index contributed by atoms with van der Waals surface area (Å²) in [6.07, 6.45) is 3.44. The Morgan fingerprint density at radius 1 is 0.972 bits per heavy atom. The molecule has 3 aromatic rings. The van der Waals surface area contributed by atoms with E-state index in [1.165, 1.54) is 4.90 Å². The van der Waals surface area contributed by atoms with Gasteiger partial charge in [0.1, 0.15) is 0 Å². The molecule has 0 atom stereocenters. The number of hydrogen-bond donors (Lipinski definition) is 3. The number of nitrogens with zero attached hydrogens (tertiary/aromatic N) is 2. The minimum Gasteiger partial charge on any atom is -0.344 e. The fourth-order valence-corrected chi connectivity index (χ4v) is 4.83. The van der Waals surface area contributed by atoms with Crippen LogP contribution in [0.4, 0.5) is 0 Å². The zero-order valence-electron chi connectivity index (χ0n) is 19.6. The van der Waals surface area contributed by atoms with Crippen LogP contribution in [0.15, 0.2) is 66.7 Å². The highest BCUT2D eigenvalue weighted by molar-refractivity contribution is 6.49. The van der Waals surface area contributed by atoms with E-state index in [1.807, 2.05) is 48.7 Å². The summed E-state index contributed by atoms with van der Waals surface area (Å²) in [5, 5.41) is 25.0. The summed E-state index contributed by atoms with van der Waals surface area (Å²) in [5.74, 6) is -1.96. The third-order valence-corrected chi connectivity index (χ3v) is 7.03. The smallest absolute Gasteiger partial charge is 0.309 e. The summed E-state index contributed by atoms with van der Waals surface area (Å²) < 4.78 is 0. The average molecular weight is 480 g/mol. The molecule has 1 heterocycles. The highest BCUT2D eigenvalue weighted by Gasteiger charge is 2.51. The highest BCUT2D eigenvalue weighted by atomic mass is 16.2. The fourth-order valence-electron chi connectivity index (χ4n) is 4.83. The fraction of sp³-hybridized carbons (Fsp3) is 0.250. The maximum Gasteiger partial charge on any atom is 0.309 e. The molecule has 3 aromatic carbocycles. The average Bonchev–Trinajstić information content (AvgIpc) is 3.69. The Labute approximate surface area is 208 Å². The Balaban J connectivity index is 1.30. The van der Waals surface area contributed by atoms with Crippen molar-refractivity contribution in [2.24, 2.45) is 0 Å². The van der Waals surface area contributed by atoms with Crippen LogP contribution in [0, 0.1) is 16.9 Å². The molecule has 0 bridgehead atoms. The Morgan fingerprint density at radius 3 is 2.42 bits per heavy atom. The highest BCUT2D eigenvalue weighted by Crippen LogP contribution is 2.51. The number of benzene rings is 3. The van der Waals surface area contributed by atoms with Gasteiger partial charge in [-0.25, -0.2) is 0 Å². The standard InChI is InChI=1S/C28H25N5O3/c29-17-33-15-20(16-33)32-27(36)26(35)31-14-19-7-2-4-10-22(19)24(34)25(30)28(12-13-28)23-11-5-8-18-6-1-3-9-21(18)23/h1-11,20,30H,12-16H2,(H,31,35)(H,32,36). The first-order valence-electron chi connectivity index (χ1n) is 11.9. The van der Waals surface area contributed by atoms with Gasteiger partial charge in [-0.15, -0.1) is 0 Å². The van der Waals surface area contributed by atoms with Crippen LogP contribution in [-0.4, -0.2) is 47.3 Å². The number of ketones is 1. The lowest BCUT2D eigenvalue weighted by Crippen LogP contribution is -2.59. The monoisotopic (exact) mass is 479 g/mol. The number of rotatable bonds is 7. The van der Waals surface area contributed by atoms with E-state index in [1.54, 1.807) is 24.3 Å². The lowest BCUT2D eigenvalue weighted by Gasteiger charge is -2.34. The van der Waals surface area contributed by atoms with Crippen molar-refractivity contribution in [3.8, 4) is 6.19 Å². The van der Waals surface area contributed by atoms with Gasteiger partial charge in [-0.1, -0.05) is 66.7 Å². The first-order chi connectivity index (χ1) is 17.4. The molecular formula is C28H25N5O3. The molecule has 1 saturated heterocycles. The van der Waals surface area contributed by atoms with Gasteiger partial charge in [0, 0.05) is 17.5 Å². The Kier molecular flexibility index (Phi) is 5.98. The molecule has 0 unspecified atom stereocenters. The molecule has 5 rings (SSSR count). The predicted octanol–water partition coefficient (Wildman–Crippen LogP) is 2.67. The Hall–Kier alpha value is -4.51. The van der Waals surface area contributed by atoms with Crippen LogP contribution >= 0.6 is 0 Å². The van der Waals surface area contributed by atoms with E-state index in [9.17, 15) is 14.4 Å². The number of carbonyl (C=O) groups excluding carboxylic acids is 3. The number of nitrogens with one attached hydrogen (secondary N) is 3. The molecule has 1 saturated carbocycles. The van der Waals surface area contributed by atoms with Crippen molar-refractivity contribution in [1.82, 2.24) is 15.5 Å². The van der Waals surface area contributed by atoms with Crippen LogP contribution in [0.25, 0.3) is 10.8 Å². The van der Waals surface area contributed by atoms with Crippen molar-refractivity contribution in [3.05, 3.63) is 83.4 Å². The maximum absolute atomic E-state index is 13.5. The van der Waals surface area contributed by atoms with Crippen molar-refractivity contribution in [3.63, 3.8) is 0 Å². The number of nitriles is 1. The van der Waals surface area contributed by atoms with Gasteiger partial charge in [-0.05, 0) is 34.7 Å². The molecule has 2 aliphatic rings. The first kappa shape index (κ1) is 23.2. The van der Waals surface area contributed by atoms with Gasteiger partial charge < -0.3 is 20.9 Å². The van der Waals surface area contributed by atoms with Gasteiger partial charge in [0.25, 0.3) is 0 Å². The third kappa shape index (κ3) is 4.20. The third-order valence-electron chi connectivity index (χ3n) is 7.03. The molecule has 3 N–H and O–H groups in total. The second-order valence-electron chi connectivity index (χ2n) is 9.33. The van der Waals surface area contributed by atoms with Gasteiger partial charge in [-0.3, -0.25) is 14.4 Å². The van der Waals surface area contributed by atoms with E-state index < -0.39 is 17.2 Å². The largest absolute Gasteiger partial charge is 0.344 e. The number of hydrogen-bond acceptors (Lipinski definition) is 6. The molecule has 180 valence electrons.